The van der Waals surface area contributed by atoms with Crippen LogP contribution in [0, 0.1) is 5.92 Å². The number of rotatable bonds is 13. The minimum atomic E-state index is 0.0628. The van der Waals surface area contributed by atoms with Gasteiger partial charge in [0.1, 0.15) is 0 Å². The minimum absolute atomic E-state index is 0.0628. The summed E-state index contributed by atoms with van der Waals surface area (Å²) in [5.41, 5.74) is 0.0628. The van der Waals surface area contributed by atoms with Crippen LogP contribution in [0.25, 0.3) is 0 Å². The van der Waals surface area contributed by atoms with Crippen LogP contribution in [0.5, 0.6) is 0 Å². The van der Waals surface area contributed by atoms with Crippen molar-refractivity contribution in [2.45, 2.75) is 104 Å². The van der Waals surface area contributed by atoms with Crippen LogP contribution in [0.2, 0.25) is 0 Å². The van der Waals surface area contributed by atoms with Crippen LogP contribution in [-0.4, -0.2) is 12.2 Å². The summed E-state index contributed by atoms with van der Waals surface area (Å²) in [5.74, 6) is 0.735. The Balaban J connectivity index is 3.98. The maximum Gasteiger partial charge on any atom is 0.0654 e. The van der Waals surface area contributed by atoms with E-state index < -0.39 is 0 Å². The molecular formula is C18H38O. The number of hydrogen-bond acceptors (Lipinski definition) is 1. The van der Waals surface area contributed by atoms with Crippen molar-refractivity contribution in [3.05, 3.63) is 0 Å². The summed E-state index contributed by atoms with van der Waals surface area (Å²) in [4.78, 5) is 0. The highest BCUT2D eigenvalue weighted by atomic mass is 16.5. The standard InChI is InChI=1S/C18H38O/c1-6-9-11-12-13-14-16-17(15-10-7-2)18(4,5)19-8-3/h17H,6-16H2,1-5H3. The molecule has 1 unspecified atom stereocenters. The van der Waals surface area contributed by atoms with E-state index in [-0.39, 0.29) is 5.60 Å². The van der Waals surface area contributed by atoms with E-state index in [1.807, 2.05) is 0 Å². The predicted molar refractivity (Wildman–Crippen MR) is 86.7 cm³/mol. The minimum Gasteiger partial charge on any atom is -0.376 e. The Morgan fingerprint density at radius 3 is 1.84 bits per heavy atom. The van der Waals surface area contributed by atoms with Crippen molar-refractivity contribution < 1.29 is 4.74 Å². The van der Waals surface area contributed by atoms with Gasteiger partial charge in [-0.3, -0.25) is 0 Å². The predicted octanol–water partition coefficient (Wildman–Crippen LogP) is 6.36. The topological polar surface area (TPSA) is 9.23 Å². The average molecular weight is 271 g/mol. The summed E-state index contributed by atoms with van der Waals surface area (Å²) < 4.78 is 5.98. The zero-order valence-electron chi connectivity index (χ0n) is 14.3. The van der Waals surface area contributed by atoms with Crippen LogP contribution >= 0.6 is 0 Å². The second kappa shape index (κ2) is 11.8. The smallest absolute Gasteiger partial charge is 0.0654 e. The monoisotopic (exact) mass is 270 g/mol. The van der Waals surface area contributed by atoms with Crippen LogP contribution in [0.15, 0.2) is 0 Å². The summed E-state index contributed by atoms with van der Waals surface area (Å²) in [5, 5.41) is 0. The zero-order valence-corrected chi connectivity index (χ0v) is 14.3. The van der Waals surface area contributed by atoms with Crippen molar-refractivity contribution in [2.24, 2.45) is 5.92 Å². The van der Waals surface area contributed by atoms with E-state index in [1.54, 1.807) is 0 Å². The summed E-state index contributed by atoms with van der Waals surface area (Å²) >= 11 is 0. The highest BCUT2D eigenvalue weighted by molar-refractivity contribution is 4.79. The molecule has 0 saturated heterocycles. The first-order valence-electron chi connectivity index (χ1n) is 8.72. The average Bonchev–Trinajstić information content (AvgIpc) is 2.36. The Bertz CT molecular complexity index is 186. The van der Waals surface area contributed by atoms with Gasteiger partial charge in [0.25, 0.3) is 0 Å². The molecule has 1 nitrogen and oxygen atoms in total. The fourth-order valence-corrected chi connectivity index (χ4v) is 2.95. The zero-order chi connectivity index (χ0) is 14.6. The number of ether oxygens (including phenoxy) is 1. The van der Waals surface area contributed by atoms with E-state index in [2.05, 4.69) is 34.6 Å². The lowest BCUT2D eigenvalue weighted by molar-refractivity contribution is -0.0604. The largest absolute Gasteiger partial charge is 0.376 e. The summed E-state index contributed by atoms with van der Waals surface area (Å²) in [6.45, 7) is 12.1. The molecule has 0 aromatic carbocycles. The molecular weight excluding hydrogens is 232 g/mol. The van der Waals surface area contributed by atoms with Gasteiger partial charge < -0.3 is 4.74 Å². The van der Waals surface area contributed by atoms with Gasteiger partial charge in [0.2, 0.25) is 0 Å². The van der Waals surface area contributed by atoms with Gasteiger partial charge in [-0.2, -0.15) is 0 Å². The molecule has 0 aromatic rings. The van der Waals surface area contributed by atoms with Crippen LogP contribution in [0.3, 0.4) is 0 Å². The van der Waals surface area contributed by atoms with Crippen molar-refractivity contribution in [1.82, 2.24) is 0 Å². The van der Waals surface area contributed by atoms with Crippen LogP contribution < -0.4 is 0 Å². The van der Waals surface area contributed by atoms with Gasteiger partial charge >= 0.3 is 0 Å². The maximum absolute atomic E-state index is 5.98. The van der Waals surface area contributed by atoms with Gasteiger partial charge in [-0.15, -0.1) is 0 Å². The highest BCUT2D eigenvalue weighted by Gasteiger charge is 2.28. The first-order valence-corrected chi connectivity index (χ1v) is 8.72. The molecule has 0 bridgehead atoms. The Morgan fingerprint density at radius 1 is 0.737 bits per heavy atom. The summed E-state index contributed by atoms with van der Waals surface area (Å²) in [6.07, 6.45) is 13.7. The molecule has 0 spiro atoms. The van der Waals surface area contributed by atoms with Gasteiger partial charge in [-0.05, 0) is 39.5 Å². The third kappa shape index (κ3) is 9.49. The molecule has 1 heteroatoms. The van der Waals surface area contributed by atoms with E-state index in [0.717, 1.165) is 12.5 Å². The highest BCUT2D eigenvalue weighted by Crippen LogP contribution is 2.31. The number of hydrogen-bond donors (Lipinski definition) is 0. The first kappa shape index (κ1) is 19.0. The Labute approximate surface area is 122 Å². The Kier molecular flexibility index (Phi) is 11.7. The second-order valence-electron chi connectivity index (χ2n) is 6.43. The van der Waals surface area contributed by atoms with Gasteiger partial charge in [-0.1, -0.05) is 65.2 Å². The molecule has 0 amide bonds. The van der Waals surface area contributed by atoms with Crippen LogP contribution in [0.4, 0.5) is 0 Å². The molecule has 0 aliphatic carbocycles. The van der Waals surface area contributed by atoms with E-state index in [0.29, 0.717) is 0 Å². The molecule has 1 atom stereocenters. The SMILES string of the molecule is CCCCCCCCC(CCCC)C(C)(C)OCC. The van der Waals surface area contributed by atoms with Gasteiger partial charge in [0.05, 0.1) is 5.60 Å². The van der Waals surface area contributed by atoms with Crippen molar-refractivity contribution >= 4 is 0 Å². The van der Waals surface area contributed by atoms with Gasteiger partial charge in [0.15, 0.2) is 0 Å². The summed E-state index contributed by atoms with van der Waals surface area (Å²) in [6, 6.07) is 0. The van der Waals surface area contributed by atoms with E-state index in [9.17, 15) is 0 Å². The van der Waals surface area contributed by atoms with Gasteiger partial charge in [0, 0.05) is 6.61 Å². The molecule has 19 heavy (non-hydrogen) atoms. The molecule has 0 aliphatic heterocycles. The van der Waals surface area contributed by atoms with Crippen molar-refractivity contribution in [2.75, 3.05) is 6.61 Å². The molecule has 0 heterocycles. The van der Waals surface area contributed by atoms with Crippen molar-refractivity contribution in [1.29, 1.82) is 0 Å². The third-order valence-electron chi connectivity index (χ3n) is 4.31. The van der Waals surface area contributed by atoms with Gasteiger partial charge in [-0.25, -0.2) is 0 Å². The van der Waals surface area contributed by atoms with Crippen LogP contribution in [-0.2, 0) is 4.74 Å². The van der Waals surface area contributed by atoms with E-state index >= 15 is 0 Å². The van der Waals surface area contributed by atoms with Crippen molar-refractivity contribution in [3.8, 4) is 0 Å². The third-order valence-corrected chi connectivity index (χ3v) is 4.31. The van der Waals surface area contributed by atoms with Crippen molar-refractivity contribution in [3.63, 3.8) is 0 Å². The quantitative estimate of drug-likeness (QED) is 0.354. The summed E-state index contributed by atoms with van der Waals surface area (Å²) in [7, 11) is 0. The number of unbranched alkanes of at least 4 members (excludes halogenated alkanes) is 6. The molecule has 0 fully saturated rings. The Hall–Kier alpha value is -0.0400. The second-order valence-corrected chi connectivity index (χ2v) is 6.43. The first-order chi connectivity index (χ1) is 9.08. The molecule has 0 radical (unpaired) electrons. The molecule has 0 rings (SSSR count). The van der Waals surface area contributed by atoms with E-state index in [4.69, 9.17) is 4.74 Å². The Morgan fingerprint density at radius 2 is 1.26 bits per heavy atom. The lowest BCUT2D eigenvalue weighted by Gasteiger charge is -2.34. The molecule has 0 aliphatic rings. The van der Waals surface area contributed by atoms with Crippen LogP contribution in [0.1, 0.15) is 98.8 Å². The molecule has 0 aromatic heterocycles. The molecule has 0 N–H and O–H groups in total. The van der Waals surface area contributed by atoms with E-state index in [1.165, 1.54) is 64.2 Å². The lowest BCUT2D eigenvalue weighted by Crippen LogP contribution is -2.34. The normalized spacial score (nSPS) is 13.7. The fourth-order valence-electron chi connectivity index (χ4n) is 2.95. The maximum atomic E-state index is 5.98. The molecule has 116 valence electrons. The molecule has 0 saturated carbocycles. The fraction of sp³-hybridized carbons (Fsp3) is 1.00. The lowest BCUT2D eigenvalue weighted by atomic mass is 9.82.